The van der Waals surface area contributed by atoms with Crippen LogP contribution in [0.2, 0.25) is 0 Å². The lowest BCUT2D eigenvalue weighted by Crippen LogP contribution is -2.27. The largest absolute Gasteiger partial charge is 0.497 e. The van der Waals surface area contributed by atoms with Crippen LogP contribution >= 0.6 is 23.2 Å². The summed E-state index contributed by atoms with van der Waals surface area (Å²) in [4.78, 5) is 14.8. The van der Waals surface area contributed by atoms with Crippen molar-refractivity contribution < 1.29 is 9.53 Å². The molecule has 0 aliphatic rings. The normalized spacial score (nSPS) is 10.8. The molecule has 0 aliphatic heterocycles. The second-order valence-electron chi connectivity index (χ2n) is 7.05. The minimum atomic E-state index is -0.310. The summed E-state index contributed by atoms with van der Waals surface area (Å²) in [7, 11) is 1.62. The van der Waals surface area contributed by atoms with Crippen LogP contribution in [0, 0.1) is 0 Å². The van der Waals surface area contributed by atoms with E-state index < -0.39 is 0 Å². The molecule has 0 spiro atoms. The number of carbonyl (C=O) groups is 1. The average Bonchev–Trinajstić information content (AvgIpc) is 2.85. The highest BCUT2D eigenvalue weighted by atomic mass is 35.5. The molecule has 2 N–H and O–H groups in total. The van der Waals surface area contributed by atoms with Gasteiger partial charge in [-0.15, -0.1) is 23.2 Å². The van der Waals surface area contributed by atoms with E-state index in [0.717, 1.165) is 35.8 Å². The molecule has 6 nitrogen and oxygen atoms in total. The summed E-state index contributed by atoms with van der Waals surface area (Å²) < 4.78 is 5.18. The maximum Gasteiger partial charge on any atom is 0.273 e. The number of ether oxygens (including phenoxy) is 1. The van der Waals surface area contributed by atoms with Crippen LogP contribution in [-0.4, -0.2) is 44.1 Å². The van der Waals surface area contributed by atoms with Gasteiger partial charge in [0.15, 0.2) is 0 Å². The molecule has 0 saturated carbocycles. The predicted molar refractivity (Wildman–Crippen MR) is 138 cm³/mol. The molecular weight excluding hydrogens is 459 g/mol. The van der Waals surface area contributed by atoms with E-state index in [2.05, 4.69) is 20.7 Å². The molecule has 0 fully saturated rings. The predicted octanol–water partition coefficient (Wildman–Crippen LogP) is 5.49. The number of hydrazone groups is 1. The van der Waals surface area contributed by atoms with Gasteiger partial charge >= 0.3 is 0 Å². The number of amides is 1. The third-order valence-corrected chi connectivity index (χ3v) is 5.23. The summed E-state index contributed by atoms with van der Waals surface area (Å²) in [6.45, 7) is 1.45. The molecule has 0 aromatic heterocycles. The lowest BCUT2D eigenvalue weighted by atomic mass is 10.1. The summed E-state index contributed by atoms with van der Waals surface area (Å²) in [5, 5.41) is 7.37. The smallest absolute Gasteiger partial charge is 0.273 e. The third-order valence-electron chi connectivity index (χ3n) is 4.89. The van der Waals surface area contributed by atoms with Crippen molar-refractivity contribution in [3.63, 3.8) is 0 Å². The van der Waals surface area contributed by atoms with Gasteiger partial charge in [0.2, 0.25) is 0 Å². The minimum Gasteiger partial charge on any atom is -0.497 e. The first-order valence-corrected chi connectivity index (χ1v) is 11.5. The number of rotatable bonds is 11. The number of hydrogen-bond acceptors (Lipinski definition) is 5. The second-order valence-corrected chi connectivity index (χ2v) is 7.81. The van der Waals surface area contributed by atoms with Gasteiger partial charge in [-0.3, -0.25) is 4.79 Å². The maximum atomic E-state index is 12.7. The molecule has 0 saturated heterocycles. The number of nitrogens with zero attached hydrogens (tertiary/aromatic N) is 2. The van der Waals surface area contributed by atoms with E-state index in [0.29, 0.717) is 23.0 Å². The standard InChI is InChI=1S/C25H26Cl2N4O2/c1-33-22-12-8-20(9-13-22)29-24-5-3-2-4-23(24)25(32)30-28-18-19-6-10-21(11-7-19)31(16-14-26)17-15-27/h2-13,18,29H,14-17H2,1H3,(H,30,32)/b28-18-. The molecule has 3 rings (SSSR count). The molecule has 0 heterocycles. The summed E-state index contributed by atoms with van der Waals surface area (Å²) in [5.74, 6) is 1.51. The number of anilines is 3. The van der Waals surface area contributed by atoms with Gasteiger partial charge in [0.05, 0.1) is 24.6 Å². The maximum absolute atomic E-state index is 12.7. The topological polar surface area (TPSA) is 66.0 Å². The van der Waals surface area contributed by atoms with Gasteiger partial charge in [-0.1, -0.05) is 24.3 Å². The summed E-state index contributed by atoms with van der Waals surface area (Å²) in [5.41, 5.74) is 6.50. The van der Waals surface area contributed by atoms with Crippen LogP contribution in [0.3, 0.4) is 0 Å². The highest BCUT2D eigenvalue weighted by Crippen LogP contribution is 2.23. The molecule has 8 heteroatoms. The average molecular weight is 485 g/mol. The molecule has 3 aromatic carbocycles. The molecular formula is C25H26Cl2N4O2. The quantitative estimate of drug-likeness (QED) is 0.214. The van der Waals surface area contributed by atoms with Gasteiger partial charge in [0.1, 0.15) is 5.75 Å². The van der Waals surface area contributed by atoms with Crippen LogP contribution in [0.5, 0.6) is 5.75 Å². The number of carbonyl (C=O) groups excluding carboxylic acids is 1. The number of para-hydroxylation sites is 1. The first-order valence-electron chi connectivity index (χ1n) is 10.4. The number of alkyl halides is 2. The molecule has 172 valence electrons. The molecule has 0 aliphatic carbocycles. The van der Waals surface area contributed by atoms with Gasteiger partial charge in [0.25, 0.3) is 5.91 Å². The van der Waals surface area contributed by atoms with E-state index in [4.69, 9.17) is 27.9 Å². The van der Waals surface area contributed by atoms with Crippen molar-refractivity contribution in [1.82, 2.24) is 5.43 Å². The fourth-order valence-electron chi connectivity index (χ4n) is 3.19. The van der Waals surface area contributed by atoms with Gasteiger partial charge in [-0.05, 0) is 54.1 Å². The summed E-state index contributed by atoms with van der Waals surface area (Å²) in [6.07, 6.45) is 1.61. The monoisotopic (exact) mass is 484 g/mol. The van der Waals surface area contributed by atoms with Crippen molar-refractivity contribution in [2.45, 2.75) is 0 Å². The second kappa shape index (κ2) is 12.7. The van der Waals surface area contributed by atoms with Crippen LogP contribution in [0.15, 0.2) is 77.9 Å². The van der Waals surface area contributed by atoms with Crippen molar-refractivity contribution in [1.29, 1.82) is 0 Å². The Bertz CT molecular complexity index is 1050. The first kappa shape index (κ1) is 24.4. The Kier molecular flexibility index (Phi) is 9.42. The molecule has 3 aromatic rings. The Hall–Kier alpha value is -3.22. The van der Waals surface area contributed by atoms with E-state index >= 15 is 0 Å². The highest BCUT2D eigenvalue weighted by Gasteiger charge is 2.10. The van der Waals surface area contributed by atoms with Crippen molar-refractivity contribution in [2.75, 3.05) is 42.2 Å². The zero-order chi connectivity index (χ0) is 23.5. The third kappa shape index (κ3) is 7.14. The summed E-state index contributed by atoms with van der Waals surface area (Å²) in [6, 6.07) is 22.6. The number of hydrogen-bond donors (Lipinski definition) is 2. The van der Waals surface area contributed by atoms with Crippen LogP contribution in [0.4, 0.5) is 17.1 Å². The van der Waals surface area contributed by atoms with Gasteiger partial charge in [-0.25, -0.2) is 5.43 Å². The Morgan fingerprint density at radius 1 is 0.970 bits per heavy atom. The molecule has 0 radical (unpaired) electrons. The number of halogens is 2. The van der Waals surface area contributed by atoms with Crippen molar-refractivity contribution >= 4 is 52.4 Å². The van der Waals surface area contributed by atoms with Gasteiger partial charge in [0, 0.05) is 36.2 Å². The lowest BCUT2D eigenvalue weighted by Gasteiger charge is -2.22. The van der Waals surface area contributed by atoms with E-state index in [-0.39, 0.29) is 5.91 Å². The lowest BCUT2D eigenvalue weighted by molar-refractivity contribution is 0.0956. The van der Waals surface area contributed by atoms with Crippen molar-refractivity contribution in [3.8, 4) is 5.75 Å². The first-order chi connectivity index (χ1) is 16.1. The van der Waals surface area contributed by atoms with Gasteiger partial charge in [-0.2, -0.15) is 5.10 Å². The number of nitrogens with one attached hydrogen (secondary N) is 2. The Balaban J connectivity index is 1.63. The molecule has 33 heavy (non-hydrogen) atoms. The minimum absolute atomic E-state index is 0.310. The van der Waals surface area contributed by atoms with E-state index in [9.17, 15) is 4.79 Å². The van der Waals surface area contributed by atoms with Gasteiger partial charge < -0.3 is 15.0 Å². The van der Waals surface area contributed by atoms with Crippen LogP contribution in [0.25, 0.3) is 0 Å². The Morgan fingerprint density at radius 2 is 1.64 bits per heavy atom. The molecule has 1 amide bonds. The molecule has 0 atom stereocenters. The summed E-state index contributed by atoms with van der Waals surface area (Å²) >= 11 is 11.7. The van der Waals surface area contributed by atoms with Crippen LogP contribution < -0.4 is 20.4 Å². The molecule has 0 bridgehead atoms. The Labute approximate surface area is 204 Å². The SMILES string of the molecule is COc1ccc(Nc2ccccc2C(=O)N/N=C\c2ccc(N(CCCl)CCCl)cc2)cc1. The van der Waals surface area contributed by atoms with E-state index in [1.807, 2.05) is 66.7 Å². The van der Waals surface area contributed by atoms with Crippen LogP contribution in [0.1, 0.15) is 15.9 Å². The fraction of sp³-hybridized carbons (Fsp3) is 0.200. The van der Waals surface area contributed by atoms with Crippen LogP contribution in [-0.2, 0) is 0 Å². The van der Waals surface area contributed by atoms with Crippen molar-refractivity contribution in [2.24, 2.45) is 5.10 Å². The molecule has 0 unspecified atom stereocenters. The number of benzene rings is 3. The van der Waals surface area contributed by atoms with E-state index in [1.165, 1.54) is 0 Å². The zero-order valence-corrected chi connectivity index (χ0v) is 19.8. The highest BCUT2D eigenvalue weighted by molar-refractivity contribution is 6.18. The zero-order valence-electron chi connectivity index (χ0n) is 18.3. The van der Waals surface area contributed by atoms with Crippen molar-refractivity contribution in [3.05, 3.63) is 83.9 Å². The fourth-order valence-corrected chi connectivity index (χ4v) is 3.60. The Morgan fingerprint density at radius 3 is 2.27 bits per heavy atom. The van der Waals surface area contributed by atoms with E-state index in [1.54, 1.807) is 19.4 Å². The number of methoxy groups -OCH3 is 1.